The minimum absolute atomic E-state index is 0. The van der Waals surface area contributed by atoms with E-state index in [0.717, 1.165) is 0 Å². The molecule has 0 unspecified atom stereocenters. The van der Waals surface area contributed by atoms with Crippen molar-refractivity contribution < 1.29 is 48.9 Å². The first kappa shape index (κ1) is 25.5. The van der Waals surface area contributed by atoms with Gasteiger partial charge in [-0.15, -0.1) is 0 Å². The number of carbonyl (C=O) groups is 4. The van der Waals surface area contributed by atoms with Crippen LogP contribution < -0.4 is 11.5 Å². The predicted octanol–water partition coefficient (Wildman–Crippen LogP) is 3.50. The molecule has 0 saturated heterocycles. The fraction of sp³-hybridized carbons (Fsp3) is 0. The van der Waals surface area contributed by atoms with E-state index in [0.29, 0.717) is 22.3 Å². The number of hydrogen-bond acceptors (Lipinski definition) is 8. The molecule has 0 spiro atoms. The van der Waals surface area contributed by atoms with Crippen molar-refractivity contribution in [3.63, 3.8) is 0 Å². The van der Waals surface area contributed by atoms with Gasteiger partial charge in [-0.2, -0.15) is 0 Å². The van der Waals surface area contributed by atoms with Gasteiger partial charge in [0.2, 0.25) is 0 Å². The summed E-state index contributed by atoms with van der Waals surface area (Å²) in [5.41, 5.74) is 13.7. The maximum absolute atomic E-state index is 12.2. The van der Waals surface area contributed by atoms with Gasteiger partial charge in [0.15, 0.2) is 23.1 Å². The zero-order valence-electron chi connectivity index (χ0n) is 19.3. The minimum Gasteiger partial charge on any atom is -0.506 e. The Balaban J connectivity index is 0.000000168. The molecule has 178 valence electrons. The summed E-state index contributed by atoms with van der Waals surface area (Å²) in [7, 11) is 0. The van der Waals surface area contributed by atoms with Gasteiger partial charge in [0.1, 0.15) is 11.5 Å². The van der Waals surface area contributed by atoms with Gasteiger partial charge in [-0.25, -0.2) is 0 Å². The Morgan fingerprint density at radius 2 is 0.676 bits per heavy atom. The van der Waals surface area contributed by atoms with Gasteiger partial charge in [0.25, 0.3) is 0 Å². The average molecular weight is 544 g/mol. The van der Waals surface area contributed by atoms with Crippen molar-refractivity contribution in [1.82, 2.24) is 0 Å². The number of nitrogens with two attached hydrogens (primary N) is 2. The number of rotatable bonds is 0. The molecule has 2 aliphatic rings. The maximum Gasteiger partial charge on any atom is 0.194 e. The molecular formula is C28H18N2O6Zn. The monoisotopic (exact) mass is 542 g/mol. The Morgan fingerprint density at radius 3 is 0.946 bits per heavy atom. The van der Waals surface area contributed by atoms with E-state index < -0.39 is 0 Å². The third-order valence-electron chi connectivity index (χ3n) is 6.14. The summed E-state index contributed by atoms with van der Waals surface area (Å²) < 4.78 is 0. The Labute approximate surface area is 223 Å². The van der Waals surface area contributed by atoms with Gasteiger partial charge < -0.3 is 21.7 Å². The van der Waals surface area contributed by atoms with Gasteiger partial charge >= 0.3 is 0 Å². The summed E-state index contributed by atoms with van der Waals surface area (Å²) in [5.74, 6) is -1.40. The third-order valence-corrected chi connectivity index (χ3v) is 6.14. The number of phenols is 2. The van der Waals surface area contributed by atoms with Crippen LogP contribution in [0.1, 0.15) is 63.7 Å². The Bertz CT molecular complexity index is 1420. The molecule has 0 bridgehead atoms. The van der Waals surface area contributed by atoms with Crippen LogP contribution in [0, 0.1) is 0 Å². The molecule has 6 rings (SSSR count). The van der Waals surface area contributed by atoms with Crippen LogP contribution in [0.5, 0.6) is 11.5 Å². The van der Waals surface area contributed by atoms with Crippen molar-refractivity contribution in [2.24, 2.45) is 0 Å². The number of fused-ring (bicyclic) bond motifs is 4. The molecule has 37 heavy (non-hydrogen) atoms. The van der Waals surface area contributed by atoms with Gasteiger partial charge in [-0.1, -0.05) is 48.5 Å². The second-order valence-electron chi connectivity index (χ2n) is 8.32. The standard InChI is InChI=1S/2C14H9NO3.Zn/c2*15-11-5-9-10(6-12(11)16)14(18)8-4-2-1-3-7(8)13(9)17;/h2*1-6,16H,15H2;. The molecule has 0 amide bonds. The van der Waals surface area contributed by atoms with E-state index >= 15 is 0 Å². The van der Waals surface area contributed by atoms with Crippen LogP contribution in [0.3, 0.4) is 0 Å². The van der Waals surface area contributed by atoms with E-state index in [2.05, 4.69) is 0 Å². The molecule has 0 aromatic heterocycles. The number of phenolic OH excluding ortho intramolecular Hbond substituents is 2. The quantitative estimate of drug-likeness (QED) is 0.129. The number of nitrogen functional groups attached to an aromatic ring is 2. The topological polar surface area (TPSA) is 161 Å². The minimum atomic E-state index is -0.268. The molecule has 9 heteroatoms. The van der Waals surface area contributed by atoms with E-state index in [1.807, 2.05) is 0 Å². The number of ketones is 4. The van der Waals surface area contributed by atoms with E-state index in [-0.39, 0.29) is 87.7 Å². The van der Waals surface area contributed by atoms with Crippen molar-refractivity contribution in [3.05, 3.63) is 117 Å². The summed E-state index contributed by atoms with van der Waals surface area (Å²) in [6.07, 6.45) is 0. The molecule has 2 aliphatic carbocycles. The molecule has 0 saturated carbocycles. The van der Waals surface area contributed by atoms with E-state index in [1.165, 1.54) is 24.3 Å². The largest absolute Gasteiger partial charge is 0.506 e. The molecule has 4 aromatic carbocycles. The molecule has 0 heterocycles. The Morgan fingerprint density at radius 1 is 0.432 bits per heavy atom. The summed E-state index contributed by atoms with van der Waals surface area (Å²) in [6.45, 7) is 0. The Kier molecular flexibility index (Phi) is 6.50. The fourth-order valence-electron chi connectivity index (χ4n) is 4.30. The third kappa shape index (κ3) is 4.09. The fourth-order valence-corrected chi connectivity index (χ4v) is 4.30. The molecule has 0 fully saturated rings. The maximum atomic E-state index is 12.2. The van der Waals surface area contributed by atoms with Crippen LogP contribution in [0.25, 0.3) is 0 Å². The SMILES string of the molecule is Nc1cc2c(cc1O)C(=O)c1ccccc1C2=O.Nc1cc2c(cc1O)C(=O)c1ccccc1C2=O.[Zn]. The first-order valence-electron chi connectivity index (χ1n) is 10.8. The smallest absolute Gasteiger partial charge is 0.194 e. The number of hydrogen-bond donors (Lipinski definition) is 4. The average Bonchev–Trinajstić information content (AvgIpc) is 2.88. The van der Waals surface area contributed by atoms with Crippen LogP contribution >= 0.6 is 0 Å². The van der Waals surface area contributed by atoms with Crippen LogP contribution in [0.2, 0.25) is 0 Å². The second-order valence-corrected chi connectivity index (χ2v) is 8.32. The molecule has 4 aromatic rings. The summed E-state index contributed by atoms with van der Waals surface area (Å²) in [6, 6.07) is 18.4. The van der Waals surface area contributed by atoms with Gasteiger partial charge in [0, 0.05) is 64.0 Å². The van der Waals surface area contributed by atoms with Crippen molar-refractivity contribution in [2.75, 3.05) is 11.5 Å². The van der Waals surface area contributed by atoms with Crippen LogP contribution in [0.4, 0.5) is 11.4 Å². The molecule has 0 atom stereocenters. The first-order valence-corrected chi connectivity index (χ1v) is 10.8. The van der Waals surface area contributed by atoms with Crippen molar-refractivity contribution in [1.29, 1.82) is 0 Å². The van der Waals surface area contributed by atoms with Gasteiger partial charge in [-0.3, -0.25) is 19.2 Å². The second kappa shape index (κ2) is 9.45. The number of benzene rings is 4. The van der Waals surface area contributed by atoms with Crippen molar-refractivity contribution in [3.8, 4) is 11.5 Å². The summed E-state index contributed by atoms with van der Waals surface area (Å²) in [4.78, 5) is 48.9. The zero-order valence-corrected chi connectivity index (χ0v) is 22.3. The van der Waals surface area contributed by atoms with Crippen LogP contribution in [0.15, 0.2) is 72.8 Å². The van der Waals surface area contributed by atoms with Gasteiger partial charge in [-0.05, 0) is 24.3 Å². The number of anilines is 2. The van der Waals surface area contributed by atoms with Crippen LogP contribution in [-0.2, 0) is 19.5 Å². The molecule has 0 aliphatic heterocycles. The van der Waals surface area contributed by atoms with E-state index in [9.17, 15) is 29.4 Å². The van der Waals surface area contributed by atoms with Gasteiger partial charge in [0.05, 0.1) is 11.4 Å². The van der Waals surface area contributed by atoms with Crippen LogP contribution in [-0.4, -0.2) is 33.3 Å². The zero-order chi connectivity index (χ0) is 25.7. The van der Waals surface area contributed by atoms with E-state index in [4.69, 9.17) is 11.5 Å². The first-order chi connectivity index (χ1) is 17.2. The normalized spacial score (nSPS) is 12.8. The van der Waals surface area contributed by atoms with Crippen molar-refractivity contribution >= 4 is 34.5 Å². The predicted molar refractivity (Wildman–Crippen MR) is 132 cm³/mol. The summed E-state index contributed by atoms with van der Waals surface area (Å²) >= 11 is 0. The molecule has 8 nitrogen and oxygen atoms in total. The molecule has 6 N–H and O–H groups in total. The number of carbonyl (C=O) groups excluding carboxylic acids is 4. The Hall–Kier alpha value is -4.62. The number of aromatic hydroxyl groups is 2. The van der Waals surface area contributed by atoms with E-state index in [1.54, 1.807) is 48.5 Å². The molecule has 0 radical (unpaired) electrons. The molecular weight excluding hydrogens is 526 g/mol. The summed E-state index contributed by atoms with van der Waals surface area (Å²) in [5, 5.41) is 19.1. The van der Waals surface area contributed by atoms with Crippen molar-refractivity contribution in [2.45, 2.75) is 0 Å².